The molecule has 1 atom stereocenters. The third-order valence-electron chi connectivity index (χ3n) is 8.14. The zero-order valence-electron chi connectivity index (χ0n) is 24.8. The van der Waals surface area contributed by atoms with Crippen LogP contribution in [0.4, 0.5) is 15.8 Å². The maximum absolute atomic E-state index is 14.8. The lowest BCUT2D eigenvalue weighted by Gasteiger charge is -2.31. The number of anilines is 2. The van der Waals surface area contributed by atoms with E-state index in [1.807, 2.05) is 97.3 Å². The lowest BCUT2D eigenvalue weighted by atomic mass is 9.98. The van der Waals surface area contributed by atoms with E-state index in [1.165, 1.54) is 12.1 Å². The Morgan fingerprint density at radius 2 is 1.58 bits per heavy atom. The zero-order valence-corrected chi connectivity index (χ0v) is 24.8. The van der Waals surface area contributed by atoms with Crippen LogP contribution in [0.1, 0.15) is 31.3 Å². The minimum atomic E-state index is -0.831. The highest BCUT2D eigenvalue weighted by Crippen LogP contribution is 2.39. The summed E-state index contributed by atoms with van der Waals surface area (Å²) in [5.74, 6) is -0.842. The molecule has 0 saturated carbocycles. The first-order valence-corrected chi connectivity index (χ1v) is 14.8. The molecule has 0 aliphatic carbocycles. The molecule has 7 rings (SSSR count). The van der Waals surface area contributed by atoms with E-state index in [2.05, 4.69) is 20.4 Å². The fraction of sp³-hybridized carbons (Fsp3) is 0.171. The van der Waals surface area contributed by atoms with Gasteiger partial charge in [-0.15, -0.1) is 10.2 Å². The van der Waals surface area contributed by atoms with Crippen molar-refractivity contribution in [3.63, 3.8) is 0 Å². The SMILES string of the molecule is CC(C)N(C(=O)CN1C(=O)C(Cc2n[nH]c3ccccc23)c2nnc(-c3ccc(F)cc3)n2-c2ccccc21)c1ccccc1. The van der Waals surface area contributed by atoms with Crippen LogP contribution in [-0.4, -0.2) is 49.4 Å². The Bertz CT molecular complexity index is 2020. The Morgan fingerprint density at radius 1 is 0.889 bits per heavy atom. The number of halogens is 1. The Hall–Kier alpha value is -5.64. The van der Waals surface area contributed by atoms with Gasteiger partial charge in [-0.1, -0.05) is 48.5 Å². The molecule has 1 N–H and O–H groups in total. The number of nitrogens with one attached hydrogen (secondary N) is 1. The van der Waals surface area contributed by atoms with Gasteiger partial charge in [-0.2, -0.15) is 5.10 Å². The number of aromatic amines is 1. The summed E-state index contributed by atoms with van der Waals surface area (Å²) in [7, 11) is 0. The van der Waals surface area contributed by atoms with Gasteiger partial charge in [0.05, 0.1) is 22.6 Å². The van der Waals surface area contributed by atoms with Crippen LogP contribution in [-0.2, 0) is 16.0 Å². The number of amides is 2. The average molecular weight is 600 g/mol. The van der Waals surface area contributed by atoms with Crippen molar-refractivity contribution in [3.05, 3.63) is 120 Å². The summed E-state index contributed by atoms with van der Waals surface area (Å²) in [6.45, 7) is 3.71. The fourth-order valence-corrected chi connectivity index (χ4v) is 6.09. The number of fused-ring (bicyclic) bond motifs is 4. The normalized spacial score (nSPS) is 14.4. The predicted molar refractivity (Wildman–Crippen MR) is 171 cm³/mol. The number of hydrogen-bond acceptors (Lipinski definition) is 5. The van der Waals surface area contributed by atoms with Gasteiger partial charge in [0, 0.05) is 29.1 Å². The number of benzene rings is 4. The second kappa shape index (κ2) is 11.5. The van der Waals surface area contributed by atoms with Crippen LogP contribution >= 0.6 is 0 Å². The summed E-state index contributed by atoms with van der Waals surface area (Å²) in [6, 6.07) is 30.5. The first-order chi connectivity index (χ1) is 21.9. The maximum atomic E-state index is 14.8. The Morgan fingerprint density at radius 3 is 2.33 bits per heavy atom. The first kappa shape index (κ1) is 28.1. The molecule has 2 amide bonds. The van der Waals surface area contributed by atoms with Gasteiger partial charge in [0.25, 0.3) is 0 Å². The van der Waals surface area contributed by atoms with Gasteiger partial charge in [0.1, 0.15) is 18.3 Å². The molecule has 10 heteroatoms. The number of carbonyl (C=O) groups excluding carboxylic acids is 2. The molecular formula is C35H30FN7O2. The zero-order chi connectivity index (χ0) is 31.1. The molecule has 224 valence electrons. The minimum absolute atomic E-state index is 0.145. The lowest BCUT2D eigenvalue weighted by molar-refractivity contribution is -0.123. The molecule has 0 fully saturated rings. The van der Waals surface area contributed by atoms with E-state index in [-0.39, 0.29) is 36.6 Å². The molecule has 2 aromatic heterocycles. The van der Waals surface area contributed by atoms with E-state index < -0.39 is 5.92 Å². The third kappa shape index (κ3) is 5.04. The van der Waals surface area contributed by atoms with E-state index in [0.717, 1.165) is 16.6 Å². The quantitative estimate of drug-likeness (QED) is 0.240. The number of carbonyl (C=O) groups is 2. The lowest BCUT2D eigenvalue weighted by Crippen LogP contribution is -2.47. The van der Waals surface area contributed by atoms with Crippen molar-refractivity contribution in [1.82, 2.24) is 25.0 Å². The number of rotatable bonds is 7. The predicted octanol–water partition coefficient (Wildman–Crippen LogP) is 6.06. The fourth-order valence-electron chi connectivity index (χ4n) is 6.09. The highest BCUT2D eigenvalue weighted by Gasteiger charge is 2.39. The average Bonchev–Trinajstić information content (AvgIpc) is 3.65. The summed E-state index contributed by atoms with van der Waals surface area (Å²) in [5.41, 5.74) is 4.14. The molecule has 1 unspecified atom stereocenters. The third-order valence-corrected chi connectivity index (χ3v) is 8.14. The topological polar surface area (TPSA) is 100 Å². The second-order valence-corrected chi connectivity index (χ2v) is 11.3. The summed E-state index contributed by atoms with van der Waals surface area (Å²) in [6.07, 6.45) is 0.218. The molecule has 1 aliphatic rings. The number of para-hydroxylation sites is 4. The van der Waals surface area contributed by atoms with Crippen molar-refractivity contribution in [2.75, 3.05) is 16.3 Å². The van der Waals surface area contributed by atoms with E-state index in [1.54, 1.807) is 21.9 Å². The highest BCUT2D eigenvalue weighted by atomic mass is 19.1. The molecule has 0 saturated heterocycles. The second-order valence-electron chi connectivity index (χ2n) is 11.3. The molecular weight excluding hydrogens is 569 g/mol. The maximum Gasteiger partial charge on any atom is 0.247 e. The number of H-pyrrole nitrogens is 1. The number of aromatic nitrogens is 5. The van der Waals surface area contributed by atoms with E-state index in [9.17, 15) is 14.0 Å². The molecule has 0 bridgehead atoms. The molecule has 0 spiro atoms. The van der Waals surface area contributed by atoms with Crippen molar-refractivity contribution >= 4 is 34.1 Å². The van der Waals surface area contributed by atoms with Crippen molar-refractivity contribution < 1.29 is 14.0 Å². The molecule has 1 aliphatic heterocycles. The molecule has 0 radical (unpaired) electrons. The smallest absolute Gasteiger partial charge is 0.247 e. The summed E-state index contributed by atoms with van der Waals surface area (Å²) in [5, 5.41) is 17.6. The van der Waals surface area contributed by atoms with Crippen molar-refractivity contribution in [2.24, 2.45) is 0 Å². The molecule has 6 aromatic rings. The van der Waals surface area contributed by atoms with Crippen LogP contribution < -0.4 is 9.80 Å². The van der Waals surface area contributed by atoms with Gasteiger partial charge in [-0.05, 0) is 68.4 Å². The molecule has 45 heavy (non-hydrogen) atoms. The van der Waals surface area contributed by atoms with Gasteiger partial charge < -0.3 is 9.80 Å². The standard InChI is InChI=1S/C35H30FN7O2/c1-22(2)42(25-10-4-3-5-11-25)32(44)21-41-30-14-8-9-15-31(30)43-33(23-16-18-24(36)19-17-23)39-40-34(43)27(35(41)45)20-29-26-12-6-7-13-28(26)37-38-29/h3-19,22,27H,20-21H2,1-2H3,(H,37,38). The first-order valence-electron chi connectivity index (χ1n) is 14.8. The van der Waals surface area contributed by atoms with Crippen LogP contribution in [0.15, 0.2) is 103 Å². The summed E-state index contributed by atoms with van der Waals surface area (Å²) in [4.78, 5) is 32.1. The van der Waals surface area contributed by atoms with Gasteiger partial charge in [-0.3, -0.25) is 19.3 Å². The van der Waals surface area contributed by atoms with Gasteiger partial charge >= 0.3 is 0 Å². The van der Waals surface area contributed by atoms with Gasteiger partial charge in [0.15, 0.2) is 11.6 Å². The van der Waals surface area contributed by atoms with Crippen LogP contribution in [0.5, 0.6) is 0 Å². The van der Waals surface area contributed by atoms with Crippen LogP contribution in [0.25, 0.3) is 28.0 Å². The monoisotopic (exact) mass is 599 g/mol. The van der Waals surface area contributed by atoms with E-state index >= 15 is 0 Å². The van der Waals surface area contributed by atoms with Gasteiger partial charge in [0.2, 0.25) is 11.8 Å². The van der Waals surface area contributed by atoms with E-state index in [4.69, 9.17) is 0 Å². The Balaban J connectivity index is 1.38. The van der Waals surface area contributed by atoms with E-state index in [0.29, 0.717) is 34.3 Å². The summed E-state index contributed by atoms with van der Waals surface area (Å²) < 4.78 is 15.8. The van der Waals surface area contributed by atoms with Crippen molar-refractivity contribution in [3.8, 4) is 17.1 Å². The van der Waals surface area contributed by atoms with Crippen LogP contribution in [0.3, 0.4) is 0 Å². The van der Waals surface area contributed by atoms with Crippen molar-refractivity contribution in [1.29, 1.82) is 0 Å². The highest BCUT2D eigenvalue weighted by molar-refractivity contribution is 6.07. The molecule has 4 aromatic carbocycles. The Labute approximate surface area is 258 Å². The number of nitrogens with zero attached hydrogens (tertiary/aromatic N) is 6. The van der Waals surface area contributed by atoms with Gasteiger partial charge in [-0.25, -0.2) is 4.39 Å². The molecule has 9 nitrogen and oxygen atoms in total. The summed E-state index contributed by atoms with van der Waals surface area (Å²) >= 11 is 0. The van der Waals surface area contributed by atoms with Crippen LogP contribution in [0, 0.1) is 5.82 Å². The van der Waals surface area contributed by atoms with Crippen LogP contribution in [0.2, 0.25) is 0 Å². The number of hydrogen-bond donors (Lipinski definition) is 1. The Kier molecular flexibility index (Phi) is 7.17. The van der Waals surface area contributed by atoms with Crippen molar-refractivity contribution in [2.45, 2.75) is 32.2 Å². The molecule has 3 heterocycles. The largest absolute Gasteiger partial charge is 0.308 e. The minimum Gasteiger partial charge on any atom is -0.308 e.